The van der Waals surface area contributed by atoms with E-state index < -0.39 is 10.8 Å². The molecule has 0 N–H and O–H groups in total. The number of hydrogen-bond donors (Lipinski definition) is 0. The summed E-state index contributed by atoms with van der Waals surface area (Å²) in [6, 6.07) is 19.2. The van der Waals surface area contributed by atoms with Gasteiger partial charge in [-0.15, -0.1) is 11.8 Å². The molecule has 0 aliphatic carbocycles. The van der Waals surface area contributed by atoms with Gasteiger partial charge in [-0.1, -0.05) is 42.5 Å². The van der Waals surface area contributed by atoms with Crippen LogP contribution in [0, 0.1) is 0 Å². The standard InChI is InChI=1S/C19H20N2OS2/c22-24-14-11-20(12-15-24)17-8-4-5-9-18(17)21-10-13-23-19(21)16-6-2-1-3-7-16/h1-10,13,19H,11-12,14-15H2. The second-order valence-corrected chi connectivity index (χ2v) is 8.60. The van der Waals surface area contributed by atoms with Crippen LogP contribution in [0.2, 0.25) is 0 Å². The summed E-state index contributed by atoms with van der Waals surface area (Å²) in [6.07, 6.45) is 2.17. The van der Waals surface area contributed by atoms with Gasteiger partial charge in [0.25, 0.3) is 0 Å². The zero-order valence-electron chi connectivity index (χ0n) is 13.4. The van der Waals surface area contributed by atoms with Crippen molar-refractivity contribution in [1.82, 2.24) is 0 Å². The molecule has 0 bridgehead atoms. The highest BCUT2D eigenvalue weighted by molar-refractivity contribution is 8.02. The maximum atomic E-state index is 11.7. The van der Waals surface area contributed by atoms with Crippen LogP contribution < -0.4 is 9.80 Å². The summed E-state index contributed by atoms with van der Waals surface area (Å²) < 4.78 is 11.7. The molecule has 1 unspecified atom stereocenters. The molecule has 2 aliphatic heterocycles. The molecule has 1 fully saturated rings. The Bertz CT molecular complexity index is 753. The number of anilines is 2. The summed E-state index contributed by atoms with van der Waals surface area (Å²) in [5.74, 6) is 1.53. The first-order valence-electron chi connectivity index (χ1n) is 8.17. The second-order valence-electron chi connectivity index (χ2n) is 5.92. The van der Waals surface area contributed by atoms with E-state index in [1.165, 1.54) is 16.9 Å². The van der Waals surface area contributed by atoms with Crippen molar-refractivity contribution in [3.63, 3.8) is 0 Å². The minimum Gasteiger partial charge on any atom is -0.368 e. The molecule has 1 atom stereocenters. The number of thioether (sulfide) groups is 1. The number of nitrogens with zero attached hydrogens (tertiary/aromatic N) is 2. The normalized spacial score (nSPS) is 21.4. The Hall–Kier alpha value is -1.72. The third-order valence-electron chi connectivity index (χ3n) is 4.44. The number of para-hydroxylation sites is 2. The largest absolute Gasteiger partial charge is 0.368 e. The van der Waals surface area contributed by atoms with Gasteiger partial charge in [0.15, 0.2) is 0 Å². The molecule has 2 aromatic rings. The summed E-state index contributed by atoms with van der Waals surface area (Å²) >= 11 is 1.83. The number of hydrogen-bond acceptors (Lipinski definition) is 4. The van der Waals surface area contributed by atoms with Gasteiger partial charge >= 0.3 is 0 Å². The van der Waals surface area contributed by atoms with Gasteiger partial charge in [0.05, 0.1) is 11.4 Å². The average Bonchev–Trinajstić information content (AvgIpc) is 3.13. The highest BCUT2D eigenvalue weighted by atomic mass is 32.2. The molecule has 4 rings (SSSR count). The van der Waals surface area contributed by atoms with E-state index in [0.29, 0.717) is 0 Å². The number of benzene rings is 2. The molecule has 0 radical (unpaired) electrons. The lowest BCUT2D eigenvalue weighted by molar-refractivity contribution is 0.673. The molecule has 1 saturated heterocycles. The van der Waals surface area contributed by atoms with Crippen LogP contribution in [0.3, 0.4) is 0 Å². The van der Waals surface area contributed by atoms with Crippen LogP contribution in [0.4, 0.5) is 11.4 Å². The first kappa shape index (κ1) is 15.8. The maximum absolute atomic E-state index is 11.7. The van der Waals surface area contributed by atoms with Crippen LogP contribution in [0.1, 0.15) is 10.9 Å². The highest BCUT2D eigenvalue weighted by Gasteiger charge is 2.27. The van der Waals surface area contributed by atoms with E-state index >= 15 is 0 Å². The molecule has 24 heavy (non-hydrogen) atoms. The fourth-order valence-corrected chi connectivity index (χ4v) is 5.24. The molecule has 0 aromatic heterocycles. The van der Waals surface area contributed by atoms with E-state index in [0.717, 1.165) is 24.6 Å². The first-order chi connectivity index (χ1) is 11.8. The smallest absolute Gasteiger partial charge is 0.109 e. The van der Waals surface area contributed by atoms with Crippen molar-refractivity contribution >= 4 is 33.9 Å². The van der Waals surface area contributed by atoms with Crippen molar-refractivity contribution in [3.05, 3.63) is 71.8 Å². The van der Waals surface area contributed by atoms with Crippen molar-refractivity contribution in [1.29, 1.82) is 0 Å². The summed E-state index contributed by atoms with van der Waals surface area (Å²) in [5, 5.41) is 2.44. The van der Waals surface area contributed by atoms with Crippen molar-refractivity contribution in [3.8, 4) is 0 Å². The minimum atomic E-state index is -0.653. The van der Waals surface area contributed by atoms with Crippen LogP contribution >= 0.6 is 11.8 Å². The SMILES string of the molecule is O=S1CCN(c2ccccc2N2C=CSC2c2ccccc2)CC1. The lowest BCUT2D eigenvalue weighted by atomic mass is 10.1. The van der Waals surface area contributed by atoms with Gasteiger partial charge in [0, 0.05) is 41.6 Å². The van der Waals surface area contributed by atoms with E-state index in [1.807, 2.05) is 11.8 Å². The van der Waals surface area contributed by atoms with Gasteiger partial charge in [-0.3, -0.25) is 4.21 Å². The van der Waals surface area contributed by atoms with Crippen LogP contribution in [-0.4, -0.2) is 28.8 Å². The Balaban J connectivity index is 1.66. The highest BCUT2D eigenvalue weighted by Crippen LogP contribution is 2.44. The fourth-order valence-electron chi connectivity index (χ4n) is 3.21. The van der Waals surface area contributed by atoms with Gasteiger partial charge in [-0.05, 0) is 23.1 Å². The average molecular weight is 357 g/mol. The zero-order valence-corrected chi connectivity index (χ0v) is 15.0. The van der Waals surface area contributed by atoms with Crippen LogP contribution in [0.15, 0.2) is 66.2 Å². The molecule has 0 amide bonds. The van der Waals surface area contributed by atoms with E-state index in [1.54, 1.807) is 0 Å². The minimum absolute atomic E-state index is 0.270. The van der Waals surface area contributed by atoms with Crippen molar-refractivity contribution in [2.24, 2.45) is 0 Å². The maximum Gasteiger partial charge on any atom is 0.109 e. The van der Waals surface area contributed by atoms with Gasteiger partial charge < -0.3 is 9.80 Å². The van der Waals surface area contributed by atoms with Crippen molar-refractivity contribution in [2.45, 2.75) is 5.37 Å². The quantitative estimate of drug-likeness (QED) is 0.830. The fraction of sp³-hybridized carbons (Fsp3) is 0.263. The third kappa shape index (κ3) is 3.10. The summed E-state index contributed by atoms with van der Waals surface area (Å²) in [5.41, 5.74) is 3.77. The second kappa shape index (κ2) is 7.03. The molecule has 2 heterocycles. The van der Waals surface area contributed by atoms with Crippen LogP contribution in [0.25, 0.3) is 0 Å². The Morgan fingerprint density at radius 1 is 0.917 bits per heavy atom. The van der Waals surface area contributed by atoms with E-state index in [2.05, 4.69) is 76.0 Å². The number of rotatable bonds is 3. The van der Waals surface area contributed by atoms with Gasteiger partial charge in [0.2, 0.25) is 0 Å². The van der Waals surface area contributed by atoms with Crippen LogP contribution in [0.5, 0.6) is 0 Å². The van der Waals surface area contributed by atoms with Crippen LogP contribution in [-0.2, 0) is 10.8 Å². The zero-order chi connectivity index (χ0) is 16.4. The molecule has 124 valence electrons. The predicted molar refractivity (Wildman–Crippen MR) is 105 cm³/mol. The Morgan fingerprint density at radius 3 is 2.33 bits per heavy atom. The molecule has 0 spiro atoms. The summed E-state index contributed by atoms with van der Waals surface area (Å²) in [6.45, 7) is 1.73. The lowest BCUT2D eigenvalue weighted by Crippen LogP contribution is -2.38. The third-order valence-corrected chi connectivity index (χ3v) is 6.76. The van der Waals surface area contributed by atoms with Crippen molar-refractivity contribution < 1.29 is 4.21 Å². The molecule has 2 aromatic carbocycles. The molecule has 0 saturated carbocycles. The van der Waals surface area contributed by atoms with E-state index in [4.69, 9.17) is 0 Å². The van der Waals surface area contributed by atoms with Crippen molar-refractivity contribution in [2.75, 3.05) is 34.4 Å². The van der Waals surface area contributed by atoms with Gasteiger partial charge in [0.1, 0.15) is 5.37 Å². The monoisotopic (exact) mass is 356 g/mol. The molecule has 5 heteroatoms. The lowest BCUT2D eigenvalue weighted by Gasteiger charge is -2.34. The Morgan fingerprint density at radius 2 is 1.58 bits per heavy atom. The van der Waals surface area contributed by atoms with E-state index in [-0.39, 0.29) is 5.37 Å². The molecule has 3 nitrogen and oxygen atoms in total. The molecular weight excluding hydrogens is 336 g/mol. The van der Waals surface area contributed by atoms with Gasteiger partial charge in [-0.2, -0.15) is 0 Å². The predicted octanol–water partition coefficient (Wildman–Crippen LogP) is 3.98. The summed E-state index contributed by atoms with van der Waals surface area (Å²) in [7, 11) is -0.653. The topological polar surface area (TPSA) is 23.6 Å². The molecular formula is C19H20N2OS2. The van der Waals surface area contributed by atoms with E-state index in [9.17, 15) is 4.21 Å². The Kier molecular flexibility index (Phi) is 4.63. The summed E-state index contributed by atoms with van der Waals surface area (Å²) in [4.78, 5) is 4.72. The van der Waals surface area contributed by atoms with Gasteiger partial charge in [-0.25, -0.2) is 0 Å². The Labute approximate surface area is 149 Å². The first-order valence-corrected chi connectivity index (χ1v) is 10.6. The molecule has 2 aliphatic rings.